The summed E-state index contributed by atoms with van der Waals surface area (Å²) in [7, 11) is 0. The standard InChI is InChI=1S/C9H10O/c1-2-8-5-3-4-6-9(8)7-10/h3-7H,2H2,1H3. The van der Waals surface area contributed by atoms with Crippen molar-refractivity contribution in [3.8, 4) is 0 Å². The average Bonchev–Trinajstić information content (AvgIpc) is 2.04. The van der Waals surface area contributed by atoms with Crippen molar-refractivity contribution in [3.05, 3.63) is 35.4 Å². The van der Waals surface area contributed by atoms with Gasteiger partial charge in [-0.2, -0.15) is 0 Å². The Morgan fingerprint density at radius 2 is 2.10 bits per heavy atom. The molecule has 0 unspecified atom stereocenters. The molecule has 0 aliphatic heterocycles. The highest BCUT2D eigenvalue weighted by atomic mass is 16.1. The van der Waals surface area contributed by atoms with Crippen LogP contribution in [-0.2, 0) is 6.42 Å². The van der Waals surface area contributed by atoms with Crippen molar-refractivity contribution in [2.45, 2.75) is 13.3 Å². The first kappa shape index (κ1) is 7.00. The highest BCUT2D eigenvalue weighted by Gasteiger charge is 1.94. The van der Waals surface area contributed by atoms with E-state index in [1.54, 1.807) is 0 Å². The quantitative estimate of drug-likeness (QED) is 0.566. The second-order valence-electron chi connectivity index (χ2n) is 2.17. The second-order valence-corrected chi connectivity index (χ2v) is 2.17. The van der Waals surface area contributed by atoms with Crippen LogP contribution < -0.4 is 0 Å². The monoisotopic (exact) mass is 134 g/mol. The lowest BCUT2D eigenvalue weighted by Crippen LogP contribution is -1.88. The van der Waals surface area contributed by atoms with E-state index in [1.165, 1.54) is 0 Å². The number of rotatable bonds is 2. The Kier molecular flexibility index (Phi) is 2.21. The molecule has 0 radical (unpaired) electrons. The highest BCUT2D eigenvalue weighted by molar-refractivity contribution is 5.77. The lowest BCUT2D eigenvalue weighted by atomic mass is 10.1. The lowest BCUT2D eigenvalue weighted by molar-refractivity contribution is 0.112. The number of aryl methyl sites for hydroxylation is 1. The Morgan fingerprint density at radius 1 is 1.40 bits per heavy atom. The van der Waals surface area contributed by atoms with Crippen LogP contribution in [0.1, 0.15) is 22.8 Å². The molecule has 1 heteroatoms. The zero-order valence-corrected chi connectivity index (χ0v) is 6.00. The van der Waals surface area contributed by atoms with Crippen molar-refractivity contribution in [3.63, 3.8) is 0 Å². The van der Waals surface area contributed by atoms with Crippen molar-refractivity contribution in [2.24, 2.45) is 0 Å². The maximum Gasteiger partial charge on any atom is 0.150 e. The van der Waals surface area contributed by atoms with Gasteiger partial charge in [-0.3, -0.25) is 4.79 Å². The predicted molar refractivity (Wildman–Crippen MR) is 41.2 cm³/mol. The fourth-order valence-electron chi connectivity index (χ4n) is 0.971. The molecule has 0 spiro atoms. The molecule has 0 N–H and O–H groups in total. The summed E-state index contributed by atoms with van der Waals surface area (Å²) in [5.74, 6) is 0. The van der Waals surface area contributed by atoms with Crippen molar-refractivity contribution in [2.75, 3.05) is 0 Å². The summed E-state index contributed by atoms with van der Waals surface area (Å²) in [6.07, 6.45) is 1.83. The molecule has 0 atom stereocenters. The molecule has 0 bridgehead atoms. The van der Waals surface area contributed by atoms with Gasteiger partial charge in [0.15, 0.2) is 0 Å². The van der Waals surface area contributed by atoms with Crippen molar-refractivity contribution in [1.29, 1.82) is 0 Å². The van der Waals surface area contributed by atoms with Gasteiger partial charge in [0.25, 0.3) is 0 Å². The van der Waals surface area contributed by atoms with Gasteiger partial charge >= 0.3 is 0 Å². The first-order chi connectivity index (χ1) is 4.88. The van der Waals surface area contributed by atoms with Gasteiger partial charge in [-0.15, -0.1) is 0 Å². The van der Waals surface area contributed by atoms with Crippen LogP contribution in [0.2, 0.25) is 0 Å². The van der Waals surface area contributed by atoms with Gasteiger partial charge in [-0.05, 0) is 12.0 Å². The number of carbonyl (C=O) groups excluding carboxylic acids is 1. The van der Waals surface area contributed by atoms with Crippen LogP contribution in [0.25, 0.3) is 0 Å². The fourth-order valence-corrected chi connectivity index (χ4v) is 0.971. The van der Waals surface area contributed by atoms with Gasteiger partial charge in [0.05, 0.1) is 0 Å². The molecule has 0 fully saturated rings. The summed E-state index contributed by atoms with van der Waals surface area (Å²) in [6, 6.07) is 7.64. The summed E-state index contributed by atoms with van der Waals surface area (Å²) >= 11 is 0. The third-order valence-corrected chi connectivity index (χ3v) is 1.56. The highest BCUT2D eigenvalue weighted by Crippen LogP contribution is 2.05. The first-order valence-corrected chi connectivity index (χ1v) is 3.41. The number of hydrogen-bond acceptors (Lipinski definition) is 1. The van der Waals surface area contributed by atoms with Crippen LogP contribution in [0.4, 0.5) is 0 Å². The van der Waals surface area contributed by atoms with Crippen molar-refractivity contribution in [1.82, 2.24) is 0 Å². The van der Waals surface area contributed by atoms with Crippen LogP contribution in [0.5, 0.6) is 0 Å². The number of hydrogen-bond donors (Lipinski definition) is 0. The number of benzene rings is 1. The third kappa shape index (κ3) is 1.24. The molecule has 0 aliphatic carbocycles. The Morgan fingerprint density at radius 3 is 2.60 bits per heavy atom. The molecule has 1 nitrogen and oxygen atoms in total. The van der Waals surface area contributed by atoms with Gasteiger partial charge in [0, 0.05) is 5.56 Å². The van der Waals surface area contributed by atoms with Crippen LogP contribution in [0.15, 0.2) is 24.3 Å². The van der Waals surface area contributed by atoms with Crippen molar-refractivity contribution >= 4 is 6.29 Å². The van der Waals surface area contributed by atoms with Gasteiger partial charge in [-0.25, -0.2) is 0 Å². The zero-order valence-electron chi connectivity index (χ0n) is 6.00. The summed E-state index contributed by atoms with van der Waals surface area (Å²) in [6.45, 7) is 2.04. The topological polar surface area (TPSA) is 17.1 Å². The maximum atomic E-state index is 10.4. The molecule has 0 amide bonds. The van der Waals surface area contributed by atoms with E-state index < -0.39 is 0 Å². The molecule has 0 aliphatic rings. The van der Waals surface area contributed by atoms with E-state index >= 15 is 0 Å². The van der Waals surface area contributed by atoms with Gasteiger partial charge in [0.2, 0.25) is 0 Å². The lowest BCUT2D eigenvalue weighted by Gasteiger charge is -1.97. The van der Waals surface area contributed by atoms with E-state index in [4.69, 9.17) is 0 Å². The molecule has 0 heterocycles. The number of carbonyl (C=O) groups is 1. The van der Waals surface area contributed by atoms with E-state index in [1.807, 2.05) is 31.2 Å². The predicted octanol–water partition coefficient (Wildman–Crippen LogP) is 2.06. The Hall–Kier alpha value is -1.11. The minimum absolute atomic E-state index is 0.810. The van der Waals surface area contributed by atoms with E-state index in [-0.39, 0.29) is 0 Å². The van der Waals surface area contributed by atoms with Gasteiger partial charge in [-0.1, -0.05) is 31.2 Å². The molecule has 1 aromatic carbocycles. The minimum Gasteiger partial charge on any atom is -0.298 e. The van der Waals surface area contributed by atoms with Crippen LogP contribution in [-0.4, -0.2) is 6.29 Å². The normalized spacial score (nSPS) is 9.30. The van der Waals surface area contributed by atoms with E-state index in [0.29, 0.717) is 0 Å². The maximum absolute atomic E-state index is 10.4. The molecular weight excluding hydrogens is 124 g/mol. The average molecular weight is 134 g/mol. The Bertz CT molecular complexity index is 228. The molecular formula is C9H10O. The molecule has 0 aromatic heterocycles. The Labute approximate surface area is 60.7 Å². The van der Waals surface area contributed by atoms with Crippen molar-refractivity contribution < 1.29 is 4.79 Å². The summed E-state index contributed by atoms with van der Waals surface area (Å²) in [5, 5.41) is 0. The summed E-state index contributed by atoms with van der Waals surface area (Å²) in [4.78, 5) is 10.4. The number of aldehydes is 1. The van der Waals surface area contributed by atoms with E-state index in [0.717, 1.165) is 23.8 Å². The first-order valence-electron chi connectivity index (χ1n) is 3.41. The smallest absolute Gasteiger partial charge is 0.150 e. The van der Waals surface area contributed by atoms with Crippen LogP contribution >= 0.6 is 0 Å². The van der Waals surface area contributed by atoms with Crippen LogP contribution in [0, 0.1) is 0 Å². The molecule has 52 valence electrons. The fraction of sp³-hybridized carbons (Fsp3) is 0.222. The Balaban J connectivity index is 3.08. The minimum atomic E-state index is 0.810. The molecule has 1 rings (SSSR count). The second kappa shape index (κ2) is 3.16. The molecule has 1 aromatic rings. The molecule has 10 heavy (non-hydrogen) atoms. The SMILES string of the molecule is CCc1ccccc1C=O. The summed E-state index contributed by atoms with van der Waals surface area (Å²) < 4.78 is 0. The summed E-state index contributed by atoms with van der Waals surface area (Å²) in [5.41, 5.74) is 1.93. The van der Waals surface area contributed by atoms with Gasteiger partial charge < -0.3 is 0 Å². The van der Waals surface area contributed by atoms with E-state index in [2.05, 4.69) is 0 Å². The van der Waals surface area contributed by atoms with E-state index in [9.17, 15) is 4.79 Å². The molecule has 0 saturated carbocycles. The van der Waals surface area contributed by atoms with Crippen LogP contribution in [0.3, 0.4) is 0 Å². The largest absolute Gasteiger partial charge is 0.298 e. The molecule has 0 saturated heterocycles. The zero-order chi connectivity index (χ0) is 7.40. The van der Waals surface area contributed by atoms with Gasteiger partial charge in [0.1, 0.15) is 6.29 Å². The third-order valence-electron chi connectivity index (χ3n) is 1.56.